The molecule has 0 unspecified atom stereocenters. The predicted molar refractivity (Wildman–Crippen MR) is 80.5 cm³/mol. The van der Waals surface area contributed by atoms with Gasteiger partial charge in [0, 0.05) is 22.9 Å². The number of thiophene rings is 1. The van der Waals surface area contributed by atoms with Crippen molar-refractivity contribution in [3.05, 3.63) is 33.8 Å². The topological polar surface area (TPSA) is 94.1 Å². The molecular formula is C14H14N4O3S. The van der Waals surface area contributed by atoms with Crippen molar-refractivity contribution in [2.45, 2.75) is 26.7 Å². The molecular weight excluding hydrogens is 304 g/mol. The van der Waals surface area contributed by atoms with Gasteiger partial charge in [0.15, 0.2) is 0 Å². The Hall–Kier alpha value is -2.48. The van der Waals surface area contributed by atoms with Gasteiger partial charge in [0.2, 0.25) is 5.91 Å². The van der Waals surface area contributed by atoms with E-state index >= 15 is 0 Å². The van der Waals surface area contributed by atoms with Crippen LogP contribution in [-0.4, -0.2) is 21.3 Å². The van der Waals surface area contributed by atoms with E-state index < -0.39 is 0 Å². The van der Waals surface area contributed by atoms with Crippen molar-refractivity contribution in [3.8, 4) is 11.5 Å². The summed E-state index contributed by atoms with van der Waals surface area (Å²) in [7, 11) is 0. The fraction of sp³-hybridized carbons (Fsp3) is 0.286. The predicted octanol–water partition coefficient (Wildman–Crippen LogP) is 2.97. The summed E-state index contributed by atoms with van der Waals surface area (Å²) in [5, 5.41) is 18.0. The Labute approximate surface area is 130 Å². The monoisotopic (exact) mass is 318 g/mol. The first-order chi connectivity index (χ1) is 10.6. The number of nitrogens with one attached hydrogen (secondary N) is 1. The first-order valence-corrected chi connectivity index (χ1v) is 7.65. The van der Waals surface area contributed by atoms with Crippen molar-refractivity contribution in [2.75, 3.05) is 5.32 Å². The van der Waals surface area contributed by atoms with Crippen LogP contribution >= 0.6 is 11.3 Å². The van der Waals surface area contributed by atoms with Crippen LogP contribution in [0.5, 0.6) is 0 Å². The van der Waals surface area contributed by atoms with Gasteiger partial charge in [-0.3, -0.25) is 10.1 Å². The van der Waals surface area contributed by atoms with E-state index in [0.717, 1.165) is 22.6 Å². The fourth-order valence-electron chi connectivity index (χ4n) is 2.06. The number of carbonyl (C=O) groups excluding carboxylic acids is 1. The van der Waals surface area contributed by atoms with Crippen molar-refractivity contribution >= 4 is 23.3 Å². The van der Waals surface area contributed by atoms with Crippen LogP contribution in [-0.2, 0) is 11.2 Å². The molecule has 114 valence electrons. The standard InChI is InChI=1S/C14H14N4O3S/c1-8-11(9(2)21-18-8)3-4-12(19)15-14-17-16-13(20-14)10-5-6-22-7-10/h5-7H,3-4H2,1-2H3,(H,15,17,19). The maximum atomic E-state index is 11.9. The second-order valence-electron chi connectivity index (χ2n) is 4.78. The van der Waals surface area contributed by atoms with E-state index in [1.54, 1.807) is 0 Å². The summed E-state index contributed by atoms with van der Waals surface area (Å²) in [6.07, 6.45) is 0.845. The Morgan fingerprint density at radius 2 is 2.23 bits per heavy atom. The normalized spacial score (nSPS) is 10.8. The van der Waals surface area contributed by atoms with Crippen LogP contribution < -0.4 is 5.32 Å². The van der Waals surface area contributed by atoms with E-state index in [2.05, 4.69) is 20.7 Å². The Kier molecular flexibility index (Phi) is 4.01. The first kappa shape index (κ1) is 14.5. The summed E-state index contributed by atoms with van der Waals surface area (Å²) < 4.78 is 10.5. The molecule has 0 aliphatic heterocycles. The SMILES string of the molecule is Cc1noc(C)c1CCC(=O)Nc1nnc(-c2ccsc2)o1. The zero-order valence-electron chi connectivity index (χ0n) is 12.1. The zero-order valence-corrected chi connectivity index (χ0v) is 12.9. The van der Waals surface area contributed by atoms with Crippen LogP contribution in [0, 0.1) is 13.8 Å². The van der Waals surface area contributed by atoms with E-state index in [1.165, 1.54) is 11.3 Å². The molecule has 7 nitrogen and oxygen atoms in total. The van der Waals surface area contributed by atoms with Gasteiger partial charge < -0.3 is 8.94 Å². The highest BCUT2D eigenvalue weighted by molar-refractivity contribution is 7.08. The molecule has 0 saturated carbocycles. The summed E-state index contributed by atoms with van der Waals surface area (Å²) in [5.74, 6) is 0.936. The highest BCUT2D eigenvalue weighted by Crippen LogP contribution is 2.22. The second kappa shape index (κ2) is 6.10. The first-order valence-electron chi connectivity index (χ1n) is 6.71. The van der Waals surface area contributed by atoms with Crippen LogP contribution in [0.25, 0.3) is 11.5 Å². The number of rotatable bonds is 5. The summed E-state index contributed by atoms with van der Waals surface area (Å²) >= 11 is 1.54. The van der Waals surface area contributed by atoms with E-state index in [1.807, 2.05) is 30.7 Å². The van der Waals surface area contributed by atoms with Crippen LogP contribution in [0.1, 0.15) is 23.4 Å². The lowest BCUT2D eigenvalue weighted by molar-refractivity contribution is -0.116. The molecule has 3 heterocycles. The minimum atomic E-state index is -0.194. The number of nitrogens with zero attached hydrogens (tertiary/aromatic N) is 3. The number of hydrogen-bond acceptors (Lipinski definition) is 7. The Balaban J connectivity index is 1.58. The zero-order chi connectivity index (χ0) is 15.5. The average molecular weight is 318 g/mol. The van der Waals surface area contributed by atoms with Crippen molar-refractivity contribution < 1.29 is 13.7 Å². The molecule has 3 rings (SSSR count). The molecule has 1 amide bonds. The highest BCUT2D eigenvalue weighted by Gasteiger charge is 2.14. The minimum Gasteiger partial charge on any atom is -0.403 e. The third kappa shape index (κ3) is 3.06. The third-order valence-electron chi connectivity index (χ3n) is 3.22. The minimum absolute atomic E-state index is 0.102. The molecule has 0 saturated heterocycles. The van der Waals surface area contributed by atoms with Crippen LogP contribution in [0.3, 0.4) is 0 Å². The lowest BCUT2D eigenvalue weighted by Gasteiger charge is -2.00. The molecule has 3 aromatic rings. The van der Waals surface area contributed by atoms with Crippen LogP contribution in [0.15, 0.2) is 25.8 Å². The summed E-state index contributed by atoms with van der Waals surface area (Å²) in [5.41, 5.74) is 2.61. The molecule has 0 fully saturated rings. The molecule has 0 bridgehead atoms. The highest BCUT2D eigenvalue weighted by atomic mass is 32.1. The molecule has 0 radical (unpaired) electrons. The number of carbonyl (C=O) groups is 1. The Morgan fingerprint density at radius 1 is 1.36 bits per heavy atom. The summed E-state index contributed by atoms with van der Waals surface area (Å²) in [6.45, 7) is 3.69. The summed E-state index contributed by atoms with van der Waals surface area (Å²) in [4.78, 5) is 11.9. The average Bonchev–Trinajstić information content (AvgIpc) is 3.20. The molecule has 22 heavy (non-hydrogen) atoms. The molecule has 3 aromatic heterocycles. The molecule has 0 aliphatic carbocycles. The van der Waals surface area contributed by atoms with Gasteiger partial charge in [-0.15, -0.1) is 5.10 Å². The maximum absolute atomic E-state index is 11.9. The maximum Gasteiger partial charge on any atom is 0.322 e. The number of amides is 1. The van der Waals surface area contributed by atoms with Gasteiger partial charge in [-0.05, 0) is 31.7 Å². The Morgan fingerprint density at radius 3 is 2.91 bits per heavy atom. The van der Waals surface area contributed by atoms with E-state index in [-0.39, 0.29) is 11.9 Å². The van der Waals surface area contributed by atoms with E-state index in [4.69, 9.17) is 8.94 Å². The molecule has 8 heteroatoms. The lowest BCUT2D eigenvalue weighted by Crippen LogP contribution is -2.12. The molecule has 0 aromatic carbocycles. The van der Waals surface area contributed by atoms with Gasteiger partial charge >= 0.3 is 6.01 Å². The number of hydrogen-bond donors (Lipinski definition) is 1. The fourth-order valence-corrected chi connectivity index (χ4v) is 2.69. The van der Waals surface area contributed by atoms with Gasteiger partial charge in [-0.2, -0.15) is 11.3 Å². The Bertz CT molecular complexity index is 756. The van der Waals surface area contributed by atoms with E-state index in [0.29, 0.717) is 18.7 Å². The molecule has 0 spiro atoms. The van der Waals surface area contributed by atoms with Gasteiger partial charge in [0.05, 0.1) is 5.69 Å². The van der Waals surface area contributed by atoms with E-state index in [9.17, 15) is 4.79 Å². The molecule has 0 atom stereocenters. The quantitative estimate of drug-likeness (QED) is 0.777. The largest absolute Gasteiger partial charge is 0.403 e. The van der Waals surface area contributed by atoms with Gasteiger partial charge in [-0.25, -0.2) is 0 Å². The lowest BCUT2D eigenvalue weighted by atomic mass is 10.1. The number of aryl methyl sites for hydroxylation is 2. The van der Waals surface area contributed by atoms with Crippen molar-refractivity contribution in [3.63, 3.8) is 0 Å². The van der Waals surface area contributed by atoms with Crippen LogP contribution in [0.4, 0.5) is 6.01 Å². The second-order valence-corrected chi connectivity index (χ2v) is 5.56. The van der Waals surface area contributed by atoms with Crippen molar-refractivity contribution in [1.29, 1.82) is 0 Å². The van der Waals surface area contributed by atoms with Crippen molar-refractivity contribution in [2.24, 2.45) is 0 Å². The van der Waals surface area contributed by atoms with Gasteiger partial charge in [0.25, 0.3) is 5.89 Å². The number of anilines is 1. The van der Waals surface area contributed by atoms with Crippen LogP contribution in [0.2, 0.25) is 0 Å². The molecule has 1 N–H and O–H groups in total. The number of aromatic nitrogens is 3. The smallest absolute Gasteiger partial charge is 0.322 e. The van der Waals surface area contributed by atoms with Crippen molar-refractivity contribution in [1.82, 2.24) is 15.4 Å². The van der Waals surface area contributed by atoms with Gasteiger partial charge in [0.1, 0.15) is 5.76 Å². The third-order valence-corrected chi connectivity index (χ3v) is 3.91. The summed E-state index contributed by atoms with van der Waals surface area (Å²) in [6, 6.07) is 1.98. The van der Waals surface area contributed by atoms with Gasteiger partial charge in [-0.1, -0.05) is 10.3 Å². The molecule has 0 aliphatic rings.